The second kappa shape index (κ2) is 6.43. The van der Waals surface area contributed by atoms with E-state index >= 15 is 0 Å². The molecule has 2 heterocycles. The molecular weight excluding hydrogens is 264 g/mol. The van der Waals surface area contributed by atoms with E-state index in [1.807, 2.05) is 0 Å². The van der Waals surface area contributed by atoms with Gasteiger partial charge < -0.3 is 9.64 Å². The van der Waals surface area contributed by atoms with E-state index in [-0.39, 0.29) is 17.3 Å². The SMILES string of the molecule is CCN(CC)CCOC(=O)C1=CCSC2CC(=O)N12. The number of thioether (sulfide) groups is 1. The van der Waals surface area contributed by atoms with Crippen LogP contribution in [0.3, 0.4) is 0 Å². The average molecular weight is 284 g/mol. The van der Waals surface area contributed by atoms with Crippen molar-refractivity contribution in [1.82, 2.24) is 9.80 Å². The first-order chi connectivity index (χ1) is 9.17. The van der Waals surface area contributed by atoms with E-state index in [4.69, 9.17) is 4.74 Å². The zero-order valence-corrected chi connectivity index (χ0v) is 12.2. The van der Waals surface area contributed by atoms with E-state index in [9.17, 15) is 9.59 Å². The smallest absolute Gasteiger partial charge is 0.354 e. The summed E-state index contributed by atoms with van der Waals surface area (Å²) in [7, 11) is 0. The lowest BCUT2D eigenvalue weighted by molar-refractivity contribution is -0.149. The third kappa shape index (κ3) is 3.12. The van der Waals surface area contributed by atoms with Crippen molar-refractivity contribution in [2.75, 3.05) is 32.0 Å². The Morgan fingerprint density at radius 1 is 1.53 bits per heavy atom. The van der Waals surface area contributed by atoms with Crippen LogP contribution in [0.25, 0.3) is 0 Å². The number of hydrogen-bond donors (Lipinski definition) is 0. The summed E-state index contributed by atoms with van der Waals surface area (Å²) in [4.78, 5) is 27.2. The van der Waals surface area contributed by atoms with E-state index in [0.29, 0.717) is 18.7 Å². The molecule has 1 atom stereocenters. The van der Waals surface area contributed by atoms with Crippen molar-refractivity contribution in [1.29, 1.82) is 0 Å². The molecule has 0 radical (unpaired) electrons. The van der Waals surface area contributed by atoms with E-state index in [1.165, 1.54) is 0 Å². The maximum atomic E-state index is 12.0. The Kier molecular flexibility index (Phi) is 4.87. The normalized spacial score (nSPS) is 21.8. The molecule has 0 aromatic rings. The molecule has 0 aromatic carbocycles. The summed E-state index contributed by atoms with van der Waals surface area (Å²) in [6.45, 7) is 7.15. The number of amides is 1. The molecule has 106 valence electrons. The molecule has 0 bridgehead atoms. The first kappa shape index (κ1) is 14.4. The van der Waals surface area contributed by atoms with E-state index in [1.54, 1.807) is 22.7 Å². The number of hydrogen-bond acceptors (Lipinski definition) is 5. The molecule has 2 rings (SSSR count). The third-order valence-corrected chi connectivity index (χ3v) is 4.60. The van der Waals surface area contributed by atoms with Crippen molar-refractivity contribution < 1.29 is 14.3 Å². The van der Waals surface area contributed by atoms with Gasteiger partial charge in [-0.05, 0) is 19.2 Å². The lowest BCUT2D eigenvalue weighted by Crippen LogP contribution is -2.53. The summed E-state index contributed by atoms with van der Waals surface area (Å²) >= 11 is 1.69. The minimum absolute atomic E-state index is 0.0177. The molecule has 2 aliphatic heterocycles. The highest BCUT2D eigenvalue weighted by molar-refractivity contribution is 8.00. The summed E-state index contributed by atoms with van der Waals surface area (Å²) < 4.78 is 5.26. The van der Waals surface area contributed by atoms with Gasteiger partial charge in [0, 0.05) is 12.3 Å². The minimum atomic E-state index is -0.370. The Hall–Kier alpha value is -1.01. The Labute approximate surface area is 117 Å². The van der Waals surface area contributed by atoms with Gasteiger partial charge in [-0.2, -0.15) is 0 Å². The fourth-order valence-corrected chi connectivity index (χ4v) is 3.33. The topological polar surface area (TPSA) is 49.9 Å². The standard InChI is InChI=1S/C13H20N2O3S/c1-3-14(4-2)6-7-18-13(17)10-5-8-19-12-9-11(16)15(10)12/h5,12H,3-4,6-9H2,1-2H3. The fourth-order valence-electron chi connectivity index (χ4n) is 2.21. The fraction of sp³-hybridized carbons (Fsp3) is 0.692. The van der Waals surface area contributed by atoms with Crippen LogP contribution in [0.5, 0.6) is 0 Å². The predicted molar refractivity (Wildman–Crippen MR) is 74.5 cm³/mol. The van der Waals surface area contributed by atoms with E-state index in [0.717, 1.165) is 25.4 Å². The summed E-state index contributed by atoms with van der Waals surface area (Å²) in [5.74, 6) is 0.421. The average Bonchev–Trinajstić information content (AvgIpc) is 2.41. The van der Waals surface area contributed by atoms with Gasteiger partial charge in [-0.25, -0.2) is 4.79 Å². The van der Waals surface area contributed by atoms with Crippen molar-refractivity contribution in [3.05, 3.63) is 11.8 Å². The van der Waals surface area contributed by atoms with Crippen LogP contribution in [-0.2, 0) is 14.3 Å². The van der Waals surface area contributed by atoms with Crippen LogP contribution in [0.1, 0.15) is 20.3 Å². The monoisotopic (exact) mass is 284 g/mol. The third-order valence-electron chi connectivity index (χ3n) is 3.47. The Bertz CT molecular complexity index is 393. The number of carbonyl (C=O) groups is 2. The van der Waals surface area contributed by atoms with Crippen molar-refractivity contribution in [3.63, 3.8) is 0 Å². The zero-order chi connectivity index (χ0) is 13.8. The largest absolute Gasteiger partial charge is 0.460 e. The van der Waals surface area contributed by atoms with Crippen LogP contribution in [0.2, 0.25) is 0 Å². The molecule has 1 saturated heterocycles. The molecular formula is C13H20N2O3S. The Morgan fingerprint density at radius 3 is 2.89 bits per heavy atom. The Balaban J connectivity index is 1.83. The van der Waals surface area contributed by atoms with Gasteiger partial charge in [0.1, 0.15) is 12.3 Å². The van der Waals surface area contributed by atoms with Crippen LogP contribution in [0.15, 0.2) is 11.8 Å². The first-order valence-corrected chi connectivity index (χ1v) is 7.75. The van der Waals surface area contributed by atoms with Crippen molar-refractivity contribution in [3.8, 4) is 0 Å². The molecule has 19 heavy (non-hydrogen) atoms. The van der Waals surface area contributed by atoms with E-state index in [2.05, 4.69) is 18.7 Å². The highest BCUT2D eigenvalue weighted by Crippen LogP contribution is 2.37. The van der Waals surface area contributed by atoms with Gasteiger partial charge in [-0.3, -0.25) is 9.69 Å². The van der Waals surface area contributed by atoms with Crippen molar-refractivity contribution in [2.45, 2.75) is 25.6 Å². The van der Waals surface area contributed by atoms with Gasteiger partial charge in [-0.1, -0.05) is 13.8 Å². The van der Waals surface area contributed by atoms with Crippen LogP contribution in [-0.4, -0.2) is 59.0 Å². The van der Waals surface area contributed by atoms with Crippen molar-refractivity contribution >= 4 is 23.6 Å². The van der Waals surface area contributed by atoms with Crippen molar-refractivity contribution in [2.24, 2.45) is 0 Å². The second-order valence-corrected chi connectivity index (χ2v) is 5.72. The highest BCUT2D eigenvalue weighted by Gasteiger charge is 2.43. The molecule has 5 nitrogen and oxygen atoms in total. The number of ether oxygens (including phenoxy) is 1. The maximum absolute atomic E-state index is 12.0. The molecule has 2 aliphatic rings. The van der Waals surface area contributed by atoms with Crippen LogP contribution in [0.4, 0.5) is 0 Å². The number of esters is 1. The number of carbonyl (C=O) groups excluding carboxylic acids is 2. The predicted octanol–water partition coefficient (Wildman–Crippen LogP) is 1.06. The lowest BCUT2D eigenvalue weighted by atomic mass is 10.1. The van der Waals surface area contributed by atoms with Crippen LogP contribution >= 0.6 is 11.8 Å². The first-order valence-electron chi connectivity index (χ1n) is 6.70. The quantitative estimate of drug-likeness (QED) is 0.539. The number of fused-ring (bicyclic) bond motifs is 1. The lowest BCUT2D eigenvalue weighted by Gasteiger charge is -2.42. The zero-order valence-electron chi connectivity index (χ0n) is 11.4. The van der Waals surface area contributed by atoms with Gasteiger partial charge in [0.25, 0.3) is 0 Å². The van der Waals surface area contributed by atoms with Gasteiger partial charge in [0.05, 0.1) is 11.8 Å². The Morgan fingerprint density at radius 2 is 2.26 bits per heavy atom. The van der Waals surface area contributed by atoms with Gasteiger partial charge in [0.15, 0.2) is 0 Å². The molecule has 0 saturated carbocycles. The molecule has 0 spiro atoms. The molecule has 0 N–H and O–H groups in total. The molecule has 6 heteroatoms. The molecule has 1 unspecified atom stereocenters. The number of nitrogens with zero attached hydrogens (tertiary/aromatic N) is 2. The van der Waals surface area contributed by atoms with E-state index < -0.39 is 0 Å². The van der Waals surface area contributed by atoms with Crippen LogP contribution in [0, 0.1) is 0 Å². The molecule has 0 aromatic heterocycles. The summed E-state index contributed by atoms with van der Waals surface area (Å²) in [6.07, 6.45) is 2.33. The van der Waals surface area contributed by atoms with Gasteiger partial charge in [0.2, 0.25) is 5.91 Å². The number of β-lactam (4-membered cyclic amide) rings is 1. The molecule has 1 amide bonds. The summed E-state index contributed by atoms with van der Waals surface area (Å²) in [5.41, 5.74) is 0.430. The maximum Gasteiger partial charge on any atom is 0.354 e. The summed E-state index contributed by atoms with van der Waals surface area (Å²) in [5, 5.41) is 0.142. The molecule has 0 aliphatic carbocycles. The number of rotatable bonds is 6. The van der Waals surface area contributed by atoms with Gasteiger partial charge in [-0.15, -0.1) is 11.8 Å². The molecule has 1 fully saturated rings. The van der Waals surface area contributed by atoms with Gasteiger partial charge >= 0.3 is 5.97 Å². The highest BCUT2D eigenvalue weighted by atomic mass is 32.2. The second-order valence-electron chi connectivity index (χ2n) is 4.51. The summed E-state index contributed by atoms with van der Waals surface area (Å²) in [6, 6.07) is 0. The minimum Gasteiger partial charge on any atom is -0.460 e. The van der Waals surface area contributed by atoms with Crippen LogP contribution < -0.4 is 0 Å². The number of likely N-dealkylation sites (N-methyl/N-ethyl adjacent to an activating group) is 1.